The van der Waals surface area contributed by atoms with Crippen molar-refractivity contribution in [2.24, 2.45) is 17.8 Å². The van der Waals surface area contributed by atoms with Gasteiger partial charge in [0.25, 0.3) is 0 Å². The molecule has 7 heteroatoms. The number of ether oxygens (including phenoxy) is 3. The van der Waals surface area contributed by atoms with E-state index in [1.54, 1.807) is 7.11 Å². The van der Waals surface area contributed by atoms with E-state index in [0.717, 1.165) is 5.57 Å². The lowest BCUT2D eigenvalue weighted by Crippen LogP contribution is -2.59. The van der Waals surface area contributed by atoms with Gasteiger partial charge >= 0.3 is 5.97 Å². The molecule has 2 aliphatic rings. The van der Waals surface area contributed by atoms with E-state index >= 15 is 0 Å². The van der Waals surface area contributed by atoms with Crippen molar-refractivity contribution >= 4 is 5.97 Å². The molecule has 0 aromatic heterocycles. The zero-order chi connectivity index (χ0) is 24.2. The molecule has 0 spiro atoms. The number of methoxy groups -OCH3 is 1. The van der Waals surface area contributed by atoms with E-state index in [1.165, 1.54) is 0 Å². The van der Waals surface area contributed by atoms with E-state index in [2.05, 4.69) is 13.0 Å². The molecule has 0 aromatic carbocycles. The van der Waals surface area contributed by atoms with Gasteiger partial charge in [-0.05, 0) is 38.7 Å². The third-order valence-electron chi connectivity index (χ3n) is 7.14. The van der Waals surface area contributed by atoms with Crippen molar-refractivity contribution < 1.29 is 34.3 Å². The average molecular weight is 455 g/mol. The van der Waals surface area contributed by atoms with Gasteiger partial charge in [-0.2, -0.15) is 0 Å². The first-order valence-corrected chi connectivity index (χ1v) is 11.7. The van der Waals surface area contributed by atoms with Crippen LogP contribution < -0.4 is 0 Å². The van der Waals surface area contributed by atoms with Crippen LogP contribution in [-0.2, 0) is 19.0 Å². The molecule has 2 heterocycles. The fourth-order valence-electron chi connectivity index (χ4n) is 5.42. The molecule has 0 radical (unpaired) electrons. The number of aliphatic hydroxyl groups excluding tert-OH is 2. The molecule has 7 nitrogen and oxygen atoms in total. The van der Waals surface area contributed by atoms with Crippen LogP contribution in [0.1, 0.15) is 60.8 Å². The van der Waals surface area contributed by atoms with Gasteiger partial charge in [-0.1, -0.05) is 39.0 Å². The summed E-state index contributed by atoms with van der Waals surface area (Å²) in [7, 11) is 1.65. The minimum absolute atomic E-state index is 0.0258. The summed E-state index contributed by atoms with van der Waals surface area (Å²) < 4.78 is 17.7. The molecule has 2 saturated heterocycles. The standard InChI is InChI=1S/C25H42O7/c1-14(13-25(6)24(29)17(4)23(30-7)18(5)32-25)9-8-10-15(2)22-16(3)20(26)11-19(31-22)12-21(27)28/h8-10,14,16-20,22-24,26,29H,11-13H2,1-7H3,(H,27,28)/b9-8+,15-10+/t14-,16+,17-,18-,19-,20-,22-,23-,24-,25+/m1/s1. The third kappa shape index (κ3) is 6.41. The quantitative estimate of drug-likeness (QED) is 0.483. The monoisotopic (exact) mass is 454 g/mol. The maximum atomic E-state index is 11.0. The number of carboxylic acid groups (broad SMARTS) is 1. The number of rotatable bonds is 8. The molecule has 0 saturated carbocycles. The van der Waals surface area contributed by atoms with Gasteiger partial charge in [-0.3, -0.25) is 4.79 Å². The molecular weight excluding hydrogens is 412 g/mol. The smallest absolute Gasteiger partial charge is 0.305 e. The van der Waals surface area contributed by atoms with Crippen molar-refractivity contribution in [1.29, 1.82) is 0 Å². The third-order valence-corrected chi connectivity index (χ3v) is 7.14. The van der Waals surface area contributed by atoms with E-state index in [9.17, 15) is 15.0 Å². The Kier molecular flexibility index (Phi) is 9.49. The lowest BCUT2D eigenvalue weighted by atomic mass is 9.76. The van der Waals surface area contributed by atoms with E-state index in [0.29, 0.717) is 12.8 Å². The molecule has 0 aromatic rings. The Morgan fingerprint density at radius 2 is 1.91 bits per heavy atom. The Labute approximate surface area is 192 Å². The number of carbonyl (C=O) groups is 1. The van der Waals surface area contributed by atoms with Crippen molar-refractivity contribution in [2.75, 3.05) is 7.11 Å². The van der Waals surface area contributed by atoms with Crippen LogP contribution in [0.4, 0.5) is 0 Å². The zero-order valence-electron chi connectivity index (χ0n) is 20.5. The van der Waals surface area contributed by atoms with E-state index < -0.39 is 29.9 Å². The summed E-state index contributed by atoms with van der Waals surface area (Å²) in [5.74, 6) is -0.898. The van der Waals surface area contributed by atoms with Crippen molar-refractivity contribution in [3.05, 3.63) is 23.8 Å². The summed E-state index contributed by atoms with van der Waals surface area (Å²) in [5.41, 5.74) is 0.284. The van der Waals surface area contributed by atoms with Crippen LogP contribution in [0.2, 0.25) is 0 Å². The second kappa shape index (κ2) is 11.3. The van der Waals surface area contributed by atoms with Gasteiger partial charge < -0.3 is 29.5 Å². The Bertz CT molecular complexity index is 690. The molecule has 0 bridgehead atoms. The molecule has 32 heavy (non-hydrogen) atoms. The van der Waals surface area contributed by atoms with Crippen molar-refractivity contribution in [3.8, 4) is 0 Å². The van der Waals surface area contributed by atoms with Crippen LogP contribution >= 0.6 is 0 Å². The average Bonchev–Trinajstić information content (AvgIpc) is 2.68. The van der Waals surface area contributed by atoms with Gasteiger partial charge in [0.1, 0.15) is 0 Å². The lowest BCUT2D eigenvalue weighted by Gasteiger charge is -2.49. The normalized spacial score (nSPS) is 42.2. The summed E-state index contributed by atoms with van der Waals surface area (Å²) in [6.07, 6.45) is 4.64. The number of carboxylic acids is 1. The molecule has 0 amide bonds. The number of aliphatic hydroxyl groups is 2. The molecule has 184 valence electrons. The highest BCUT2D eigenvalue weighted by Crippen LogP contribution is 2.38. The first-order valence-electron chi connectivity index (χ1n) is 11.7. The van der Waals surface area contributed by atoms with Gasteiger partial charge in [0.2, 0.25) is 0 Å². The fourth-order valence-corrected chi connectivity index (χ4v) is 5.42. The SMILES string of the molecule is CO[C@@H]1[C@@H](C)[C@@H](O)[C@](C)(C[C@H](C)/C=C/C=C(\C)[C@H]2O[C@@H](CC(=O)O)C[C@@H](O)[C@@H]2C)O[C@@H]1C. The number of aliphatic carboxylic acids is 1. The number of hydrogen-bond donors (Lipinski definition) is 3. The van der Waals surface area contributed by atoms with Crippen LogP contribution in [-0.4, -0.2) is 70.6 Å². The molecule has 2 rings (SSSR count). The largest absolute Gasteiger partial charge is 0.481 e. The van der Waals surface area contributed by atoms with Gasteiger partial charge in [0.15, 0.2) is 0 Å². The van der Waals surface area contributed by atoms with Gasteiger partial charge in [-0.25, -0.2) is 0 Å². The molecule has 0 unspecified atom stereocenters. The highest BCUT2D eigenvalue weighted by Gasteiger charge is 2.48. The maximum Gasteiger partial charge on any atom is 0.305 e. The van der Waals surface area contributed by atoms with Crippen LogP contribution in [0.3, 0.4) is 0 Å². The Hall–Kier alpha value is -1.25. The predicted molar refractivity (Wildman–Crippen MR) is 122 cm³/mol. The van der Waals surface area contributed by atoms with Crippen molar-refractivity contribution in [3.63, 3.8) is 0 Å². The second-order valence-corrected chi connectivity index (χ2v) is 10.1. The van der Waals surface area contributed by atoms with Crippen LogP contribution in [0.25, 0.3) is 0 Å². The topological polar surface area (TPSA) is 105 Å². The Morgan fingerprint density at radius 3 is 2.50 bits per heavy atom. The maximum absolute atomic E-state index is 11.0. The minimum Gasteiger partial charge on any atom is -0.481 e. The molecule has 2 aliphatic heterocycles. The minimum atomic E-state index is -0.924. The van der Waals surface area contributed by atoms with Crippen LogP contribution in [0, 0.1) is 17.8 Å². The summed E-state index contributed by atoms with van der Waals surface area (Å²) in [4.78, 5) is 11.0. The summed E-state index contributed by atoms with van der Waals surface area (Å²) >= 11 is 0. The molecule has 10 atom stereocenters. The molecule has 0 aliphatic carbocycles. The summed E-state index contributed by atoms with van der Waals surface area (Å²) in [5, 5.41) is 30.3. The van der Waals surface area contributed by atoms with Crippen molar-refractivity contribution in [2.45, 2.75) is 103 Å². The Balaban J connectivity index is 2.02. The lowest BCUT2D eigenvalue weighted by molar-refractivity contribution is -0.247. The van der Waals surface area contributed by atoms with E-state index in [1.807, 2.05) is 46.8 Å². The van der Waals surface area contributed by atoms with E-state index in [4.69, 9.17) is 19.3 Å². The number of allylic oxidation sites excluding steroid dienone is 3. The first-order chi connectivity index (χ1) is 14.9. The number of hydrogen-bond acceptors (Lipinski definition) is 6. The summed E-state index contributed by atoms with van der Waals surface area (Å²) in [6.45, 7) is 11.9. The summed E-state index contributed by atoms with van der Waals surface area (Å²) in [6, 6.07) is 0. The highest BCUT2D eigenvalue weighted by molar-refractivity contribution is 5.67. The van der Waals surface area contributed by atoms with Gasteiger partial charge in [0, 0.05) is 25.4 Å². The van der Waals surface area contributed by atoms with Crippen LogP contribution in [0.15, 0.2) is 23.8 Å². The molecular formula is C25H42O7. The first kappa shape index (κ1) is 27.0. The zero-order valence-corrected chi connectivity index (χ0v) is 20.5. The van der Waals surface area contributed by atoms with Crippen molar-refractivity contribution in [1.82, 2.24) is 0 Å². The Morgan fingerprint density at radius 1 is 1.25 bits per heavy atom. The second-order valence-electron chi connectivity index (χ2n) is 10.1. The predicted octanol–water partition coefficient (Wildman–Crippen LogP) is 3.33. The van der Waals surface area contributed by atoms with Gasteiger partial charge in [-0.15, -0.1) is 0 Å². The van der Waals surface area contributed by atoms with Gasteiger partial charge in [0.05, 0.1) is 48.6 Å². The fraction of sp³-hybridized carbons (Fsp3) is 0.800. The van der Waals surface area contributed by atoms with Crippen LogP contribution in [0.5, 0.6) is 0 Å². The highest BCUT2D eigenvalue weighted by atomic mass is 16.6. The van der Waals surface area contributed by atoms with E-state index in [-0.39, 0.29) is 42.5 Å². The molecule has 3 N–H and O–H groups in total. The molecule has 2 fully saturated rings.